The van der Waals surface area contributed by atoms with Crippen LogP contribution < -0.4 is 0 Å². The molecule has 1 N–H and O–H groups in total. The minimum absolute atomic E-state index is 0. The molecule has 0 aliphatic carbocycles. The van der Waals surface area contributed by atoms with E-state index in [1.807, 2.05) is 0 Å². The van der Waals surface area contributed by atoms with Crippen molar-refractivity contribution < 1.29 is 5.11 Å². The van der Waals surface area contributed by atoms with Gasteiger partial charge in [-0.25, -0.2) is 0 Å². The normalized spacial score (nSPS) is 18.3. The van der Waals surface area contributed by atoms with E-state index in [4.69, 9.17) is 0 Å². The van der Waals surface area contributed by atoms with Gasteiger partial charge in [-0.1, -0.05) is 61.9 Å². The molecule has 2 aliphatic heterocycles. The Hall–Kier alpha value is -1.10. The molecule has 4 rings (SSSR count). The lowest BCUT2D eigenvalue weighted by atomic mass is 9.89. The number of aliphatic hydroxyl groups excluding tert-OH is 1. The van der Waals surface area contributed by atoms with Gasteiger partial charge >= 0.3 is 0 Å². The lowest BCUT2D eigenvalue weighted by molar-refractivity contribution is 0.133. The Balaban J connectivity index is 0.00000204. The number of fused-ring (bicyclic) bond motifs is 1. The van der Waals surface area contributed by atoms with E-state index >= 15 is 0 Å². The zero-order valence-electron chi connectivity index (χ0n) is 20.8. The molecule has 0 amide bonds. The Morgan fingerprint density at radius 3 is 2.29 bits per heavy atom. The van der Waals surface area contributed by atoms with E-state index in [2.05, 4.69) is 65.3 Å². The Labute approximate surface area is 219 Å². The minimum atomic E-state index is -0.318. The Kier molecular flexibility index (Phi) is 12.9. The largest absolute Gasteiger partial charge is 0.388 e. The highest BCUT2D eigenvalue weighted by molar-refractivity contribution is 5.85. The van der Waals surface area contributed by atoms with Gasteiger partial charge in [-0.3, -0.25) is 4.90 Å². The van der Waals surface area contributed by atoms with E-state index in [0.717, 1.165) is 56.8 Å². The number of rotatable bonds is 9. The van der Waals surface area contributed by atoms with E-state index in [0.29, 0.717) is 0 Å². The average molecular weight is 508 g/mol. The molecule has 2 aromatic rings. The van der Waals surface area contributed by atoms with Gasteiger partial charge in [0.1, 0.15) is 0 Å². The highest BCUT2D eigenvalue weighted by Gasteiger charge is 2.21. The summed E-state index contributed by atoms with van der Waals surface area (Å²) in [6, 6.07) is 17.6. The first-order valence-electron chi connectivity index (χ1n) is 13.0. The molecule has 2 aromatic carbocycles. The molecule has 5 heteroatoms. The first kappa shape index (κ1) is 29.1. The Bertz CT molecular complexity index is 824. The van der Waals surface area contributed by atoms with E-state index < -0.39 is 0 Å². The molecule has 2 aliphatic rings. The van der Waals surface area contributed by atoms with Crippen LogP contribution in [0.15, 0.2) is 48.5 Å². The van der Waals surface area contributed by atoms with Gasteiger partial charge in [0.2, 0.25) is 0 Å². The minimum Gasteiger partial charge on any atom is -0.388 e. The summed E-state index contributed by atoms with van der Waals surface area (Å²) in [5.41, 5.74) is 5.43. The third-order valence-electron chi connectivity index (χ3n) is 7.64. The van der Waals surface area contributed by atoms with Crippen LogP contribution in [-0.2, 0) is 19.4 Å². The van der Waals surface area contributed by atoms with Crippen LogP contribution in [0.5, 0.6) is 0 Å². The lowest BCUT2D eigenvalue weighted by Gasteiger charge is -2.32. The van der Waals surface area contributed by atoms with Gasteiger partial charge in [-0.15, -0.1) is 24.8 Å². The standard InChI is InChI=1S/C29H42N2O.2ClH/c1-2-3-17-30-18-13-24(14-19-30)9-12-29(32)28-11-10-26-15-20-31(21-16-27(26)22-28)23-25-7-5-4-6-8-25;;/h4-8,10-11,22,24,29,32H,2-3,9,12-21,23H2,1H3;2*1H. The topological polar surface area (TPSA) is 26.7 Å². The summed E-state index contributed by atoms with van der Waals surface area (Å²) in [6.45, 7) is 9.28. The molecule has 1 saturated heterocycles. The molecule has 1 atom stereocenters. The molecule has 1 unspecified atom stereocenters. The van der Waals surface area contributed by atoms with E-state index in [1.54, 1.807) is 0 Å². The summed E-state index contributed by atoms with van der Waals surface area (Å²) in [4.78, 5) is 5.20. The van der Waals surface area contributed by atoms with Crippen molar-refractivity contribution in [3.05, 3.63) is 70.8 Å². The number of hydrogen-bond acceptors (Lipinski definition) is 3. The summed E-state index contributed by atoms with van der Waals surface area (Å²) in [7, 11) is 0. The van der Waals surface area contributed by atoms with Gasteiger partial charge in [0, 0.05) is 19.6 Å². The van der Waals surface area contributed by atoms with Crippen LogP contribution in [0.2, 0.25) is 0 Å². The molecule has 190 valence electrons. The number of halogens is 2. The van der Waals surface area contributed by atoms with Crippen LogP contribution in [0.4, 0.5) is 0 Å². The number of nitrogens with zero attached hydrogens (tertiary/aromatic N) is 2. The second-order valence-electron chi connectivity index (χ2n) is 10.0. The third-order valence-corrected chi connectivity index (χ3v) is 7.64. The smallest absolute Gasteiger partial charge is 0.0790 e. The Morgan fingerprint density at radius 1 is 0.882 bits per heavy atom. The highest BCUT2D eigenvalue weighted by atomic mass is 35.5. The van der Waals surface area contributed by atoms with Gasteiger partial charge in [-0.05, 0) is 92.8 Å². The number of hydrogen-bond donors (Lipinski definition) is 1. The van der Waals surface area contributed by atoms with Crippen LogP contribution in [0.1, 0.15) is 73.8 Å². The number of piperidine rings is 1. The second kappa shape index (κ2) is 15.1. The maximum atomic E-state index is 10.9. The summed E-state index contributed by atoms with van der Waals surface area (Å²) < 4.78 is 0. The van der Waals surface area contributed by atoms with Crippen molar-refractivity contribution in [2.75, 3.05) is 32.7 Å². The second-order valence-corrected chi connectivity index (χ2v) is 10.0. The number of unbranched alkanes of at least 4 members (excludes halogenated alkanes) is 1. The summed E-state index contributed by atoms with van der Waals surface area (Å²) in [5.74, 6) is 0.787. The summed E-state index contributed by atoms with van der Waals surface area (Å²) >= 11 is 0. The number of benzene rings is 2. The average Bonchev–Trinajstić information content (AvgIpc) is 3.04. The predicted octanol–water partition coefficient (Wildman–Crippen LogP) is 6.46. The van der Waals surface area contributed by atoms with Gasteiger partial charge in [0.15, 0.2) is 0 Å². The van der Waals surface area contributed by atoms with Crippen molar-refractivity contribution >= 4 is 24.8 Å². The first-order chi connectivity index (χ1) is 15.7. The molecule has 34 heavy (non-hydrogen) atoms. The molecular weight excluding hydrogens is 463 g/mol. The van der Waals surface area contributed by atoms with Crippen LogP contribution in [0.3, 0.4) is 0 Å². The zero-order chi connectivity index (χ0) is 22.2. The van der Waals surface area contributed by atoms with Gasteiger partial charge in [-0.2, -0.15) is 0 Å². The maximum absolute atomic E-state index is 10.9. The fourth-order valence-electron chi connectivity index (χ4n) is 5.44. The summed E-state index contributed by atoms with van der Waals surface area (Å²) in [5, 5.41) is 10.9. The molecule has 3 nitrogen and oxygen atoms in total. The molecule has 0 spiro atoms. The van der Waals surface area contributed by atoms with Crippen LogP contribution in [-0.4, -0.2) is 47.6 Å². The highest BCUT2D eigenvalue weighted by Crippen LogP contribution is 2.29. The monoisotopic (exact) mass is 506 g/mol. The van der Waals surface area contributed by atoms with E-state index in [9.17, 15) is 5.11 Å². The summed E-state index contributed by atoms with van der Waals surface area (Å²) in [6.07, 6.45) is 9.15. The van der Waals surface area contributed by atoms with Gasteiger partial charge < -0.3 is 10.0 Å². The molecule has 1 fully saturated rings. The van der Waals surface area contributed by atoms with Crippen LogP contribution in [0, 0.1) is 5.92 Å². The molecule has 2 heterocycles. The van der Waals surface area contributed by atoms with E-state index in [1.165, 1.54) is 62.0 Å². The maximum Gasteiger partial charge on any atom is 0.0790 e. The quantitative estimate of drug-likeness (QED) is 0.422. The SMILES string of the molecule is CCCCN1CCC(CCC(O)c2ccc3c(c2)CCN(Cc2ccccc2)CC3)CC1.Cl.Cl. The van der Waals surface area contributed by atoms with Crippen LogP contribution >= 0.6 is 24.8 Å². The predicted molar refractivity (Wildman–Crippen MR) is 148 cm³/mol. The zero-order valence-corrected chi connectivity index (χ0v) is 22.5. The van der Waals surface area contributed by atoms with Crippen molar-refractivity contribution in [2.24, 2.45) is 5.92 Å². The third kappa shape index (κ3) is 8.53. The van der Waals surface area contributed by atoms with Gasteiger partial charge in [0.05, 0.1) is 6.10 Å². The molecule has 0 saturated carbocycles. The van der Waals surface area contributed by atoms with E-state index in [-0.39, 0.29) is 30.9 Å². The molecule has 0 aromatic heterocycles. The number of aliphatic hydroxyl groups is 1. The molecule has 0 bridgehead atoms. The lowest BCUT2D eigenvalue weighted by Crippen LogP contribution is -2.34. The molecular formula is C29H44Cl2N2O. The van der Waals surface area contributed by atoms with Gasteiger partial charge in [0.25, 0.3) is 0 Å². The number of likely N-dealkylation sites (tertiary alicyclic amines) is 1. The van der Waals surface area contributed by atoms with Crippen molar-refractivity contribution in [1.29, 1.82) is 0 Å². The fraction of sp³-hybridized carbons (Fsp3) is 0.586. The van der Waals surface area contributed by atoms with Crippen LogP contribution in [0.25, 0.3) is 0 Å². The Morgan fingerprint density at radius 2 is 1.59 bits per heavy atom. The fourth-order valence-corrected chi connectivity index (χ4v) is 5.44. The van der Waals surface area contributed by atoms with Crippen molar-refractivity contribution in [3.8, 4) is 0 Å². The molecule has 0 radical (unpaired) electrons. The van der Waals surface area contributed by atoms with Crippen molar-refractivity contribution in [1.82, 2.24) is 9.80 Å². The van der Waals surface area contributed by atoms with Crippen molar-refractivity contribution in [2.45, 2.75) is 70.9 Å². The first-order valence-corrected chi connectivity index (χ1v) is 13.0. The van der Waals surface area contributed by atoms with Crippen molar-refractivity contribution in [3.63, 3.8) is 0 Å².